The molecule has 0 aromatic heterocycles. The molecule has 0 radical (unpaired) electrons. The molecule has 0 unspecified atom stereocenters. The predicted octanol–water partition coefficient (Wildman–Crippen LogP) is 4.40. The maximum Gasteiger partial charge on any atom is 0.255 e. The van der Waals surface area contributed by atoms with Crippen molar-refractivity contribution in [2.75, 3.05) is 25.6 Å². The molecule has 0 aliphatic rings. The Morgan fingerprint density at radius 2 is 1.79 bits per heavy atom. The van der Waals surface area contributed by atoms with E-state index in [1.807, 2.05) is 26.0 Å². The first-order chi connectivity index (χ1) is 11.6. The third kappa shape index (κ3) is 4.11. The van der Waals surface area contributed by atoms with E-state index in [1.165, 1.54) is 7.11 Å². The summed E-state index contributed by atoms with van der Waals surface area (Å²) in [5, 5.41) is 3.14. The zero-order chi connectivity index (χ0) is 17.5. The zero-order valence-electron chi connectivity index (χ0n) is 13.9. The molecule has 5 nitrogen and oxygen atoms in total. The quantitative estimate of drug-likeness (QED) is 0.805. The molecule has 24 heavy (non-hydrogen) atoms. The maximum atomic E-state index is 12.5. The van der Waals surface area contributed by atoms with Crippen LogP contribution in [0.2, 0.25) is 5.02 Å². The summed E-state index contributed by atoms with van der Waals surface area (Å²) in [6.45, 7) is 4.69. The maximum absolute atomic E-state index is 12.5. The van der Waals surface area contributed by atoms with Gasteiger partial charge in [-0.05, 0) is 38.1 Å². The largest absolute Gasteiger partial charge is 0.493 e. The smallest absolute Gasteiger partial charge is 0.255 e. The van der Waals surface area contributed by atoms with Crippen LogP contribution in [0.1, 0.15) is 24.2 Å². The Morgan fingerprint density at radius 1 is 1.08 bits per heavy atom. The SMILES string of the molecule is CCOc1ccccc1NC(=O)c1cc(Cl)c(OCC)c(OC)c1. The van der Waals surface area contributed by atoms with Crippen molar-refractivity contribution in [1.82, 2.24) is 0 Å². The second-order valence-electron chi connectivity index (χ2n) is 4.81. The molecule has 0 saturated carbocycles. The zero-order valence-corrected chi connectivity index (χ0v) is 14.6. The number of rotatable bonds is 7. The van der Waals surface area contributed by atoms with Crippen LogP contribution >= 0.6 is 11.6 Å². The highest BCUT2D eigenvalue weighted by atomic mass is 35.5. The molecule has 1 N–H and O–H groups in total. The summed E-state index contributed by atoms with van der Waals surface area (Å²) in [6, 6.07) is 10.4. The van der Waals surface area contributed by atoms with Gasteiger partial charge in [0.05, 0.1) is 31.0 Å². The number of hydrogen-bond acceptors (Lipinski definition) is 4. The van der Waals surface area contributed by atoms with Gasteiger partial charge in [-0.25, -0.2) is 0 Å². The number of carbonyl (C=O) groups is 1. The molecule has 2 aromatic carbocycles. The Morgan fingerprint density at radius 3 is 2.46 bits per heavy atom. The van der Waals surface area contributed by atoms with Crippen molar-refractivity contribution < 1.29 is 19.0 Å². The Kier molecular flexibility index (Phi) is 6.32. The van der Waals surface area contributed by atoms with Gasteiger partial charge >= 0.3 is 0 Å². The molecular formula is C18H20ClNO4. The van der Waals surface area contributed by atoms with Crippen molar-refractivity contribution in [3.8, 4) is 17.2 Å². The third-order valence-electron chi connectivity index (χ3n) is 3.22. The molecule has 2 aromatic rings. The van der Waals surface area contributed by atoms with Crippen LogP contribution in [-0.2, 0) is 0 Å². The molecule has 128 valence electrons. The Labute approximate surface area is 146 Å². The number of para-hydroxylation sites is 2. The summed E-state index contributed by atoms with van der Waals surface area (Å²) in [7, 11) is 1.50. The minimum absolute atomic E-state index is 0.314. The highest BCUT2D eigenvalue weighted by molar-refractivity contribution is 6.32. The van der Waals surface area contributed by atoms with E-state index in [0.29, 0.717) is 46.7 Å². The van der Waals surface area contributed by atoms with Gasteiger partial charge in [0.15, 0.2) is 11.5 Å². The number of amides is 1. The average molecular weight is 350 g/mol. The van der Waals surface area contributed by atoms with Crippen LogP contribution in [0.15, 0.2) is 36.4 Å². The topological polar surface area (TPSA) is 56.8 Å². The van der Waals surface area contributed by atoms with Gasteiger partial charge in [-0.15, -0.1) is 0 Å². The number of carbonyl (C=O) groups excluding carboxylic acids is 1. The minimum atomic E-state index is -0.314. The Hall–Kier alpha value is -2.40. The van der Waals surface area contributed by atoms with Crippen molar-refractivity contribution in [3.05, 3.63) is 47.0 Å². The predicted molar refractivity (Wildman–Crippen MR) is 94.7 cm³/mol. The van der Waals surface area contributed by atoms with Crippen LogP contribution in [-0.4, -0.2) is 26.2 Å². The van der Waals surface area contributed by atoms with Gasteiger partial charge < -0.3 is 19.5 Å². The molecule has 0 heterocycles. The van der Waals surface area contributed by atoms with E-state index in [2.05, 4.69) is 5.32 Å². The summed E-state index contributed by atoms with van der Waals surface area (Å²) in [6.07, 6.45) is 0. The number of nitrogens with one attached hydrogen (secondary N) is 1. The van der Waals surface area contributed by atoms with E-state index in [-0.39, 0.29) is 5.91 Å². The Balaban J connectivity index is 2.29. The highest BCUT2D eigenvalue weighted by Crippen LogP contribution is 2.36. The van der Waals surface area contributed by atoms with Crippen molar-refractivity contribution in [3.63, 3.8) is 0 Å². The van der Waals surface area contributed by atoms with Crippen molar-refractivity contribution in [2.45, 2.75) is 13.8 Å². The number of ether oxygens (including phenoxy) is 3. The van der Waals surface area contributed by atoms with Gasteiger partial charge in [-0.2, -0.15) is 0 Å². The molecule has 0 aliphatic heterocycles. The summed E-state index contributed by atoms with van der Waals surface area (Å²) >= 11 is 6.21. The summed E-state index contributed by atoms with van der Waals surface area (Å²) in [5.41, 5.74) is 0.958. The van der Waals surface area contributed by atoms with Gasteiger partial charge in [0.25, 0.3) is 5.91 Å². The van der Waals surface area contributed by atoms with Gasteiger partial charge in [0, 0.05) is 5.56 Å². The average Bonchev–Trinajstić information content (AvgIpc) is 2.58. The van der Waals surface area contributed by atoms with E-state index in [1.54, 1.807) is 24.3 Å². The van der Waals surface area contributed by atoms with Crippen LogP contribution in [0.5, 0.6) is 17.2 Å². The molecule has 0 atom stereocenters. The molecule has 0 bridgehead atoms. The lowest BCUT2D eigenvalue weighted by molar-refractivity contribution is 0.102. The second-order valence-corrected chi connectivity index (χ2v) is 5.21. The van der Waals surface area contributed by atoms with Crippen LogP contribution in [0.3, 0.4) is 0 Å². The molecule has 6 heteroatoms. The Bertz CT molecular complexity index is 718. The minimum Gasteiger partial charge on any atom is -0.493 e. The van der Waals surface area contributed by atoms with Crippen LogP contribution in [0.4, 0.5) is 5.69 Å². The lowest BCUT2D eigenvalue weighted by Gasteiger charge is -2.14. The first kappa shape index (κ1) is 17.9. The molecule has 0 saturated heterocycles. The molecule has 2 rings (SSSR count). The van der Waals surface area contributed by atoms with Gasteiger partial charge in [0.2, 0.25) is 0 Å². The first-order valence-corrected chi connectivity index (χ1v) is 8.02. The van der Waals surface area contributed by atoms with Crippen molar-refractivity contribution in [2.24, 2.45) is 0 Å². The molecule has 0 spiro atoms. The molecule has 0 aliphatic carbocycles. The van der Waals surface area contributed by atoms with Gasteiger partial charge in [0.1, 0.15) is 5.75 Å². The van der Waals surface area contributed by atoms with E-state index < -0.39 is 0 Å². The summed E-state index contributed by atoms with van der Waals surface area (Å²) in [5.74, 6) is 1.13. The number of benzene rings is 2. The monoisotopic (exact) mass is 349 g/mol. The standard InChI is InChI=1S/C18H20ClNO4/c1-4-23-15-9-7-6-8-14(15)20-18(21)12-10-13(19)17(24-5-2)16(11-12)22-3/h6-11H,4-5H2,1-3H3,(H,20,21). The van der Waals surface area contributed by atoms with E-state index in [4.69, 9.17) is 25.8 Å². The van der Waals surface area contributed by atoms with E-state index >= 15 is 0 Å². The first-order valence-electron chi connectivity index (χ1n) is 7.64. The lowest BCUT2D eigenvalue weighted by Crippen LogP contribution is -2.13. The fraction of sp³-hybridized carbons (Fsp3) is 0.278. The van der Waals surface area contributed by atoms with Crippen LogP contribution in [0.25, 0.3) is 0 Å². The van der Waals surface area contributed by atoms with Crippen molar-refractivity contribution >= 4 is 23.2 Å². The molecular weight excluding hydrogens is 330 g/mol. The summed E-state index contributed by atoms with van der Waals surface area (Å²) < 4.78 is 16.2. The van der Waals surface area contributed by atoms with Gasteiger partial charge in [-0.1, -0.05) is 23.7 Å². The normalized spacial score (nSPS) is 10.2. The van der Waals surface area contributed by atoms with Crippen LogP contribution < -0.4 is 19.5 Å². The van der Waals surface area contributed by atoms with E-state index in [9.17, 15) is 4.79 Å². The third-order valence-corrected chi connectivity index (χ3v) is 3.50. The van der Waals surface area contributed by atoms with Gasteiger partial charge in [-0.3, -0.25) is 4.79 Å². The molecule has 1 amide bonds. The second kappa shape index (κ2) is 8.45. The molecule has 0 fully saturated rings. The fourth-order valence-corrected chi connectivity index (χ4v) is 2.45. The number of anilines is 1. The lowest BCUT2D eigenvalue weighted by atomic mass is 10.1. The fourth-order valence-electron chi connectivity index (χ4n) is 2.18. The van der Waals surface area contributed by atoms with Crippen molar-refractivity contribution in [1.29, 1.82) is 0 Å². The number of methoxy groups -OCH3 is 1. The summed E-state index contributed by atoms with van der Waals surface area (Å²) in [4.78, 5) is 12.5. The highest BCUT2D eigenvalue weighted by Gasteiger charge is 2.16. The van der Waals surface area contributed by atoms with E-state index in [0.717, 1.165) is 0 Å². The number of hydrogen-bond donors (Lipinski definition) is 1. The van der Waals surface area contributed by atoms with Crippen LogP contribution in [0, 0.1) is 0 Å². The number of halogens is 1.